The molecular formula is C11H14BrNO5S2. The van der Waals surface area contributed by atoms with Crippen molar-refractivity contribution in [1.29, 1.82) is 0 Å². The first kappa shape index (κ1) is 15.9. The van der Waals surface area contributed by atoms with Crippen molar-refractivity contribution in [2.45, 2.75) is 17.1 Å². The summed E-state index contributed by atoms with van der Waals surface area (Å²) in [5.74, 6) is -0.992. The minimum absolute atomic E-state index is 0.127. The molecule has 0 radical (unpaired) electrons. The molecule has 1 fully saturated rings. The van der Waals surface area contributed by atoms with Gasteiger partial charge < -0.3 is 9.84 Å². The smallest absolute Gasteiger partial charge is 0.311 e. The lowest BCUT2D eigenvalue weighted by Crippen LogP contribution is -2.46. The number of rotatable bonds is 5. The van der Waals surface area contributed by atoms with E-state index >= 15 is 0 Å². The highest BCUT2D eigenvalue weighted by atomic mass is 79.9. The molecule has 0 atom stereocenters. The molecule has 0 unspecified atom stereocenters. The Kier molecular flexibility index (Phi) is 4.85. The van der Waals surface area contributed by atoms with E-state index in [2.05, 4.69) is 20.7 Å². The van der Waals surface area contributed by atoms with Crippen LogP contribution in [0.25, 0.3) is 0 Å². The summed E-state index contributed by atoms with van der Waals surface area (Å²) < 4.78 is 32.5. The first-order valence-electron chi connectivity index (χ1n) is 5.91. The van der Waals surface area contributed by atoms with E-state index in [1.165, 1.54) is 0 Å². The predicted octanol–water partition coefficient (Wildman–Crippen LogP) is 1.67. The third-order valence-electron chi connectivity index (χ3n) is 3.33. The predicted molar refractivity (Wildman–Crippen MR) is 77.3 cm³/mol. The molecule has 0 saturated carbocycles. The van der Waals surface area contributed by atoms with Crippen LogP contribution in [0.2, 0.25) is 0 Å². The largest absolute Gasteiger partial charge is 0.481 e. The average molecular weight is 384 g/mol. The van der Waals surface area contributed by atoms with Gasteiger partial charge >= 0.3 is 5.97 Å². The van der Waals surface area contributed by atoms with E-state index in [1.54, 1.807) is 11.4 Å². The Morgan fingerprint density at radius 1 is 1.50 bits per heavy atom. The highest BCUT2D eigenvalue weighted by Gasteiger charge is 2.41. The second-order valence-electron chi connectivity index (χ2n) is 4.58. The van der Waals surface area contributed by atoms with Gasteiger partial charge in [-0.1, -0.05) is 0 Å². The molecule has 1 aromatic rings. The minimum Gasteiger partial charge on any atom is -0.481 e. The fourth-order valence-electron chi connectivity index (χ4n) is 2.00. The van der Waals surface area contributed by atoms with Crippen molar-refractivity contribution in [3.63, 3.8) is 0 Å². The molecule has 2 rings (SSSR count). The maximum atomic E-state index is 12.2. The van der Waals surface area contributed by atoms with Crippen molar-refractivity contribution in [3.05, 3.63) is 15.9 Å². The molecule has 0 bridgehead atoms. The SMILES string of the molecule is O=C(O)C1(CNS(=O)(=O)c2sccc2Br)CCOCC1. The minimum atomic E-state index is -3.70. The zero-order valence-electron chi connectivity index (χ0n) is 10.5. The number of nitrogens with one attached hydrogen (secondary N) is 1. The number of sulfonamides is 1. The number of ether oxygens (including phenoxy) is 1. The lowest BCUT2D eigenvalue weighted by Gasteiger charge is -2.32. The van der Waals surface area contributed by atoms with Gasteiger partial charge in [0, 0.05) is 24.2 Å². The van der Waals surface area contributed by atoms with E-state index in [-0.39, 0.29) is 10.8 Å². The maximum Gasteiger partial charge on any atom is 0.311 e. The van der Waals surface area contributed by atoms with Gasteiger partial charge in [0.15, 0.2) is 0 Å². The molecule has 1 aromatic heterocycles. The molecular weight excluding hydrogens is 370 g/mol. The molecule has 1 saturated heterocycles. The van der Waals surface area contributed by atoms with Gasteiger partial charge in [0.1, 0.15) is 4.21 Å². The van der Waals surface area contributed by atoms with Crippen LogP contribution in [-0.4, -0.2) is 39.3 Å². The van der Waals surface area contributed by atoms with Gasteiger partial charge in [-0.25, -0.2) is 13.1 Å². The zero-order chi connectivity index (χ0) is 14.8. The standard InChI is InChI=1S/C11H14BrNO5S2/c12-8-1-6-19-9(8)20(16,17)13-7-11(10(14)15)2-4-18-5-3-11/h1,6,13H,2-5,7H2,(H,14,15). The Bertz CT molecular complexity index is 592. The van der Waals surface area contributed by atoms with E-state index in [0.717, 1.165) is 11.3 Å². The van der Waals surface area contributed by atoms with Gasteiger partial charge in [0.2, 0.25) is 0 Å². The fraction of sp³-hybridized carbons (Fsp3) is 0.545. The van der Waals surface area contributed by atoms with E-state index in [4.69, 9.17) is 4.74 Å². The van der Waals surface area contributed by atoms with Crippen molar-refractivity contribution in [2.75, 3.05) is 19.8 Å². The molecule has 112 valence electrons. The number of hydrogen-bond acceptors (Lipinski definition) is 5. The van der Waals surface area contributed by atoms with Crippen LogP contribution in [0.4, 0.5) is 0 Å². The first-order valence-corrected chi connectivity index (χ1v) is 9.07. The molecule has 20 heavy (non-hydrogen) atoms. The zero-order valence-corrected chi connectivity index (χ0v) is 13.7. The van der Waals surface area contributed by atoms with E-state index in [9.17, 15) is 18.3 Å². The Morgan fingerprint density at radius 3 is 2.65 bits per heavy atom. The van der Waals surface area contributed by atoms with Crippen LogP contribution in [0.3, 0.4) is 0 Å². The molecule has 6 nitrogen and oxygen atoms in total. The summed E-state index contributed by atoms with van der Waals surface area (Å²) in [6, 6.07) is 1.64. The molecule has 1 aliphatic rings. The van der Waals surface area contributed by atoms with Gasteiger partial charge in [-0.2, -0.15) is 0 Å². The van der Waals surface area contributed by atoms with Crippen molar-refractivity contribution in [2.24, 2.45) is 5.41 Å². The lowest BCUT2D eigenvalue weighted by atomic mass is 9.80. The topological polar surface area (TPSA) is 92.7 Å². The summed E-state index contributed by atoms with van der Waals surface area (Å²) in [5.41, 5.74) is -1.09. The number of carboxylic acids is 1. The molecule has 2 heterocycles. The number of aliphatic carboxylic acids is 1. The fourth-order valence-corrected chi connectivity index (χ4v) is 5.51. The monoisotopic (exact) mass is 383 g/mol. The summed E-state index contributed by atoms with van der Waals surface area (Å²) in [7, 11) is -3.70. The molecule has 9 heteroatoms. The Balaban J connectivity index is 2.14. The van der Waals surface area contributed by atoms with Gasteiger partial charge in [-0.3, -0.25) is 4.79 Å². The van der Waals surface area contributed by atoms with Crippen LogP contribution >= 0.6 is 27.3 Å². The highest BCUT2D eigenvalue weighted by molar-refractivity contribution is 9.10. The van der Waals surface area contributed by atoms with Gasteiger partial charge in [-0.15, -0.1) is 11.3 Å². The van der Waals surface area contributed by atoms with Crippen LogP contribution in [0.15, 0.2) is 20.1 Å². The number of thiophene rings is 1. The van der Waals surface area contributed by atoms with Crippen molar-refractivity contribution >= 4 is 43.3 Å². The Morgan fingerprint density at radius 2 is 2.15 bits per heavy atom. The van der Waals surface area contributed by atoms with Gasteiger partial charge in [0.25, 0.3) is 10.0 Å². The quantitative estimate of drug-likeness (QED) is 0.806. The summed E-state index contributed by atoms with van der Waals surface area (Å²) in [6.45, 7) is 0.534. The van der Waals surface area contributed by atoms with E-state index in [0.29, 0.717) is 30.5 Å². The Hall–Kier alpha value is -0.480. The van der Waals surface area contributed by atoms with Crippen molar-refractivity contribution in [1.82, 2.24) is 4.72 Å². The normalized spacial score (nSPS) is 18.9. The maximum absolute atomic E-state index is 12.2. The van der Waals surface area contributed by atoms with Crippen LogP contribution < -0.4 is 4.72 Å². The van der Waals surface area contributed by atoms with Gasteiger partial charge in [0.05, 0.1) is 5.41 Å². The second kappa shape index (κ2) is 6.10. The van der Waals surface area contributed by atoms with Crippen LogP contribution in [0.5, 0.6) is 0 Å². The van der Waals surface area contributed by atoms with E-state index in [1.807, 2.05) is 0 Å². The average Bonchev–Trinajstić information content (AvgIpc) is 2.85. The highest BCUT2D eigenvalue weighted by Crippen LogP contribution is 2.32. The molecule has 0 spiro atoms. The van der Waals surface area contributed by atoms with Crippen LogP contribution in [0.1, 0.15) is 12.8 Å². The number of hydrogen-bond donors (Lipinski definition) is 2. The molecule has 1 aliphatic heterocycles. The molecule has 0 amide bonds. The summed E-state index contributed by atoms with van der Waals surface area (Å²) in [6.07, 6.45) is 0.604. The van der Waals surface area contributed by atoms with Crippen molar-refractivity contribution in [3.8, 4) is 0 Å². The lowest BCUT2D eigenvalue weighted by molar-refractivity contribution is -0.154. The third-order valence-corrected chi connectivity index (χ3v) is 7.40. The van der Waals surface area contributed by atoms with Gasteiger partial charge in [-0.05, 0) is 40.2 Å². The third kappa shape index (κ3) is 3.22. The molecule has 2 N–H and O–H groups in total. The summed E-state index contributed by atoms with van der Waals surface area (Å²) in [5, 5.41) is 11.0. The number of carboxylic acid groups (broad SMARTS) is 1. The second-order valence-corrected chi connectivity index (χ2v) is 8.31. The number of carbonyl (C=O) groups is 1. The summed E-state index contributed by atoms with van der Waals surface area (Å²) in [4.78, 5) is 11.4. The summed E-state index contributed by atoms with van der Waals surface area (Å²) >= 11 is 4.25. The van der Waals surface area contributed by atoms with Crippen LogP contribution in [-0.2, 0) is 19.6 Å². The molecule has 0 aromatic carbocycles. The first-order chi connectivity index (χ1) is 9.37. The Labute approximate surface area is 129 Å². The number of halogens is 1. The van der Waals surface area contributed by atoms with Crippen LogP contribution in [0, 0.1) is 5.41 Å². The van der Waals surface area contributed by atoms with E-state index < -0.39 is 21.4 Å². The van der Waals surface area contributed by atoms with Crippen molar-refractivity contribution < 1.29 is 23.1 Å². The molecule has 0 aliphatic carbocycles.